The van der Waals surface area contributed by atoms with Crippen LogP contribution in [0.25, 0.3) is 10.9 Å². The molecule has 1 aliphatic rings. The minimum atomic E-state index is 0.254. The smallest absolute Gasteiger partial charge is 0.123 e. The number of carbonyl (C=O) groups is 1. The summed E-state index contributed by atoms with van der Waals surface area (Å²) in [6.07, 6.45) is 4.87. The molecule has 0 spiro atoms. The van der Waals surface area contributed by atoms with Gasteiger partial charge in [0.1, 0.15) is 6.29 Å². The van der Waals surface area contributed by atoms with Gasteiger partial charge in [-0.1, -0.05) is 0 Å². The predicted octanol–water partition coefficient (Wildman–Crippen LogP) is 1.98. The van der Waals surface area contributed by atoms with Gasteiger partial charge >= 0.3 is 0 Å². The van der Waals surface area contributed by atoms with Crippen LogP contribution in [0.15, 0.2) is 24.4 Å². The highest BCUT2D eigenvalue weighted by molar-refractivity contribution is 5.82. The molecule has 17 heavy (non-hydrogen) atoms. The number of aldehydes is 1. The van der Waals surface area contributed by atoms with Gasteiger partial charge in [-0.2, -0.15) is 5.10 Å². The number of hydrogen-bond acceptors (Lipinski definition) is 3. The molecular formula is C13H15N3O. The van der Waals surface area contributed by atoms with Gasteiger partial charge in [0.25, 0.3) is 0 Å². The summed E-state index contributed by atoms with van der Waals surface area (Å²) in [6.45, 7) is 1.93. The molecule has 0 amide bonds. The average Bonchev–Trinajstić information content (AvgIpc) is 2.86. The molecule has 2 heterocycles. The summed E-state index contributed by atoms with van der Waals surface area (Å²) in [4.78, 5) is 13.1. The lowest BCUT2D eigenvalue weighted by Crippen LogP contribution is -2.33. The summed E-state index contributed by atoms with van der Waals surface area (Å²) < 4.78 is 0. The molecule has 1 N–H and O–H groups in total. The van der Waals surface area contributed by atoms with Gasteiger partial charge in [-0.25, -0.2) is 0 Å². The van der Waals surface area contributed by atoms with Crippen LogP contribution in [0.1, 0.15) is 12.8 Å². The third-order valence-electron chi connectivity index (χ3n) is 3.52. The molecule has 1 aromatic carbocycles. The molecular weight excluding hydrogens is 214 g/mol. The maximum absolute atomic E-state index is 10.7. The van der Waals surface area contributed by atoms with Crippen LogP contribution in [0.2, 0.25) is 0 Å². The van der Waals surface area contributed by atoms with Gasteiger partial charge in [0.15, 0.2) is 0 Å². The molecule has 88 valence electrons. The Morgan fingerprint density at radius 1 is 1.35 bits per heavy atom. The molecule has 1 aliphatic heterocycles. The van der Waals surface area contributed by atoms with Crippen LogP contribution in [-0.2, 0) is 4.79 Å². The fourth-order valence-electron chi connectivity index (χ4n) is 2.42. The first-order chi connectivity index (χ1) is 8.36. The highest BCUT2D eigenvalue weighted by Crippen LogP contribution is 2.25. The van der Waals surface area contributed by atoms with E-state index in [1.54, 1.807) is 0 Å². The van der Waals surface area contributed by atoms with Crippen LogP contribution in [0.5, 0.6) is 0 Å². The van der Waals surface area contributed by atoms with E-state index >= 15 is 0 Å². The molecule has 0 radical (unpaired) electrons. The van der Waals surface area contributed by atoms with Crippen molar-refractivity contribution in [2.24, 2.45) is 5.92 Å². The summed E-state index contributed by atoms with van der Waals surface area (Å²) in [7, 11) is 0. The number of aromatic nitrogens is 2. The largest absolute Gasteiger partial charge is 0.371 e. The van der Waals surface area contributed by atoms with E-state index in [2.05, 4.69) is 33.3 Å². The average molecular weight is 229 g/mol. The number of benzene rings is 1. The summed E-state index contributed by atoms with van der Waals surface area (Å²) in [5.41, 5.74) is 2.29. The first-order valence-corrected chi connectivity index (χ1v) is 6.00. The number of aromatic amines is 1. The second-order valence-corrected chi connectivity index (χ2v) is 4.60. The number of H-pyrrole nitrogens is 1. The molecule has 1 fully saturated rings. The first kappa shape index (κ1) is 10.3. The fourth-order valence-corrected chi connectivity index (χ4v) is 2.42. The van der Waals surface area contributed by atoms with Crippen LogP contribution in [0.4, 0.5) is 5.69 Å². The van der Waals surface area contributed by atoms with Crippen molar-refractivity contribution >= 4 is 22.9 Å². The Kier molecular flexibility index (Phi) is 2.55. The van der Waals surface area contributed by atoms with Crippen molar-refractivity contribution in [2.75, 3.05) is 18.0 Å². The second-order valence-electron chi connectivity index (χ2n) is 4.60. The molecule has 0 unspecified atom stereocenters. The Morgan fingerprint density at radius 2 is 2.18 bits per heavy atom. The zero-order valence-electron chi connectivity index (χ0n) is 9.60. The Bertz CT molecular complexity index is 526. The quantitative estimate of drug-likeness (QED) is 0.801. The monoisotopic (exact) mass is 229 g/mol. The number of carbonyl (C=O) groups excluding carboxylic acids is 1. The van der Waals surface area contributed by atoms with Crippen molar-refractivity contribution in [3.63, 3.8) is 0 Å². The second kappa shape index (κ2) is 4.20. The van der Waals surface area contributed by atoms with Gasteiger partial charge in [0.2, 0.25) is 0 Å². The third-order valence-corrected chi connectivity index (χ3v) is 3.52. The summed E-state index contributed by atoms with van der Waals surface area (Å²) >= 11 is 0. The summed E-state index contributed by atoms with van der Waals surface area (Å²) in [6, 6.07) is 6.32. The van der Waals surface area contributed by atoms with E-state index in [0.29, 0.717) is 0 Å². The van der Waals surface area contributed by atoms with Crippen LogP contribution in [0.3, 0.4) is 0 Å². The lowest BCUT2D eigenvalue weighted by molar-refractivity contribution is -0.111. The standard InChI is InChI=1S/C13H15N3O/c17-9-10-3-5-16(6-4-10)12-1-2-13-11(7-12)8-14-15-13/h1-2,7-10H,3-6H2,(H,14,15). The van der Waals surface area contributed by atoms with Crippen LogP contribution < -0.4 is 4.90 Å². The highest BCUT2D eigenvalue weighted by atomic mass is 16.1. The maximum Gasteiger partial charge on any atom is 0.123 e. The summed E-state index contributed by atoms with van der Waals surface area (Å²) in [5, 5.41) is 8.11. The van der Waals surface area contributed by atoms with Crippen molar-refractivity contribution in [3.8, 4) is 0 Å². The third kappa shape index (κ3) is 1.90. The Morgan fingerprint density at radius 3 is 2.94 bits per heavy atom. The highest BCUT2D eigenvalue weighted by Gasteiger charge is 2.18. The van der Waals surface area contributed by atoms with E-state index in [1.165, 1.54) is 5.69 Å². The molecule has 1 saturated heterocycles. The topological polar surface area (TPSA) is 49.0 Å². The Balaban J connectivity index is 1.81. The number of nitrogens with zero attached hydrogens (tertiary/aromatic N) is 2. The molecule has 0 aliphatic carbocycles. The van der Waals surface area contributed by atoms with Gasteiger partial charge in [0, 0.05) is 30.1 Å². The van der Waals surface area contributed by atoms with Crippen LogP contribution in [0, 0.1) is 5.92 Å². The molecule has 4 nitrogen and oxygen atoms in total. The molecule has 0 saturated carbocycles. The Hall–Kier alpha value is -1.84. The lowest BCUT2D eigenvalue weighted by atomic mass is 9.98. The zero-order chi connectivity index (χ0) is 11.7. The predicted molar refractivity (Wildman–Crippen MR) is 67.1 cm³/mol. The number of piperidine rings is 1. The van der Waals surface area contributed by atoms with Crippen molar-refractivity contribution in [2.45, 2.75) is 12.8 Å². The molecule has 2 aromatic rings. The molecule has 3 rings (SSSR count). The molecule has 0 atom stereocenters. The van der Waals surface area contributed by atoms with E-state index in [1.807, 2.05) is 6.20 Å². The van der Waals surface area contributed by atoms with Crippen molar-refractivity contribution in [1.82, 2.24) is 10.2 Å². The van der Waals surface area contributed by atoms with Gasteiger partial charge in [-0.3, -0.25) is 5.10 Å². The zero-order valence-corrected chi connectivity index (χ0v) is 9.60. The van der Waals surface area contributed by atoms with Crippen LogP contribution in [-0.4, -0.2) is 29.6 Å². The van der Waals surface area contributed by atoms with E-state index in [4.69, 9.17) is 0 Å². The number of nitrogens with one attached hydrogen (secondary N) is 1. The number of fused-ring (bicyclic) bond motifs is 1. The van der Waals surface area contributed by atoms with Gasteiger partial charge < -0.3 is 9.69 Å². The number of rotatable bonds is 2. The molecule has 1 aromatic heterocycles. The fraction of sp³-hybridized carbons (Fsp3) is 0.385. The van der Waals surface area contributed by atoms with Crippen molar-refractivity contribution < 1.29 is 4.79 Å². The van der Waals surface area contributed by atoms with E-state index in [-0.39, 0.29) is 5.92 Å². The van der Waals surface area contributed by atoms with E-state index in [9.17, 15) is 4.79 Å². The normalized spacial score (nSPS) is 17.5. The van der Waals surface area contributed by atoms with Crippen molar-refractivity contribution in [1.29, 1.82) is 0 Å². The Labute approximate surface area is 99.6 Å². The summed E-state index contributed by atoms with van der Waals surface area (Å²) in [5.74, 6) is 0.254. The number of anilines is 1. The molecule has 4 heteroatoms. The van der Waals surface area contributed by atoms with Gasteiger partial charge in [-0.15, -0.1) is 0 Å². The minimum Gasteiger partial charge on any atom is -0.371 e. The van der Waals surface area contributed by atoms with Gasteiger partial charge in [0.05, 0.1) is 11.7 Å². The maximum atomic E-state index is 10.7. The lowest BCUT2D eigenvalue weighted by Gasteiger charge is -2.31. The SMILES string of the molecule is O=CC1CCN(c2ccc3[nH]ncc3c2)CC1. The molecule has 0 bridgehead atoms. The minimum absolute atomic E-state index is 0.254. The van der Waals surface area contributed by atoms with E-state index < -0.39 is 0 Å². The van der Waals surface area contributed by atoms with E-state index in [0.717, 1.165) is 43.1 Å². The van der Waals surface area contributed by atoms with Crippen molar-refractivity contribution in [3.05, 3.63) is 24.4 Å². The first-order valence-electron chi connectivity index (χ1n) is 6.00. The number of hydrogen-bond donors (Lipinski definition) is 1. The van der Waals surface area contributed by atoms with Crippen LogP contribution >= 0.6 is 0 Å². The van der Waals surface area contributed by atoms with Gasteiger partial charge in [-0.05, 0) is 31.0 Å².